The Balaban J connectivity index is 2.14. The van der Waals surface area contributed by atoms with Gasteiger partial charge in [0.25, 0.3) is 0 Å². The van der Waals surface area contributed by atoms with Crippen molar-refractivity contribution in [3.05, 3.63) is 35.4 Å². The molecule has 1 aromatic carbocycles. The van der Waals surface area contributed by atoms with Crippen molar-refractivity contribution in [3.8, 4) is 0 Å². The molecule has 1 aliphatic carbocycles. The number of hydrogen-bond acceptors (Lipinski definition) is 1. The minimum atomic E-state index is -0.504. The standard InChI is InChI=1S/C14H18F2O/c1-9-5-6-14(17)10(7-9)8-11-12(15)3-2-4-13(11)16/h2-4,9-10,14,17H,5-8H2,1H3. The van der Waals surface area contributed by atoms with Crippen molar-refractivity contribution in [2.75, 3.05) is 0 Å². The first-order valence-electron chi connectivity index (χ1n) is 6.19. The first-order chi connectivity index (χ1) is 8.08. The first-order valence-corrected chi connectivity index (χ1v) is 6.19. The molecule has 0 saturated heterocycles. The van der Waals surface area contributed by atoms with Crippen LogP contribution in [-0.2, 0) is 6.42 Å². The number of benzene rings is 1. The van der Waals surface area contributed by atoms with Crippen molar-refractivity contribution in [2.24, 2.45) is 11.8 Å². The Labute approximate surface area is 100 Å². The highest BCUT2D eigenvalue weighted by Gasteiger charge is 2.28. The molecule has 3 heteroatoms. The van der Waals surface area contributed by atoms with Gasteiger partial charge >= 0.3 is 0 Å². The van der Waals surface area contributed by atoms with Gasteiger partial charge in [-0.1, -0.05) is 13.0 Å². The maximum atomic E-state index is 13.5. The normalized spacial score (nSPS) is 29.3. The quantitative estimate of drug-likeness (QED) is 0.841. The van der Waals surface area contributed by atoms with Crippen LogP contribution in [0.1, 0.15) is 31.7 Å². The van der Waals surface area contributed by atoms with Gasteiger partial charge in [0.1, 0.15) is 11.6 Å². The lowest BCUT2D eigenvalue weighted by atomic mass is 9.77. The fourth-order valence-corrected chi connectivity index (χ4v) is 2.69. The van der Waals surface area contributed by atoms with Gasteiger partial charge in [-0.3, -0.25) is 0 Å². The van der Waals surface area contributed by atoms with Gasteiger partial charge in [-0.05, 0) is 49.7 Å². The molecule has 0 spiro atoms. The molecule has 1 N–H and O–H groups in total. The molecular formula is C14H18F2O. The monoisotopic (exact) mass is 240 g/mol. The van der Waals surface area contributed by atoms with E-state index in [9.17, 15) is 13.9 Å². The van der Waals surface area contributed by atoms with Crippen molar-refractivity contribution in [1.82, 2.24) is 0 Å². The van der Waals surface area contributed by atoms with Gasteiger partial charge in [0.15, 0.2) is 0 Å². The smallest absolute Gasteiger partial charge is 0.129 e. The van der Waals surface area contributed by atoms with Crippen LogP contribution in [0.25, 0.3) is 0 Å². The van der Waals surface area contributed by atoms with Crippen molar-refractivity contribution in [3.63, 3.8) is 0 Å². The molecule has 2 rings (SSSR count). The summed E-state index contributed by atoms with van der Waals surface area (Å²) in [5.41, 5.74) is 0.116. The Kier molecular flexibility index (Phi) is 3.77. The number of hydrogen-bond donors (Lipinski definition) is 1. The Hall–Kier alpha value is -0.960. The van der Waals surface area contributed by atoms with Crippen LogP contribution in [0.3, 0.4) is 0 Å². The molecule has 3 atom stereocenters. The second-order valence-corrected chi connectivity index (χ2v) is 5.15. The Morgan fingerprint density at radius 3 is 2.53 bits per heavy atom. The minimum Gasteiger partial charge on any atom is -0.393 e. The van der Waals surface area contributed by atoms with Gasteiger partial charge in [0.2, 0.25) is 0 Å². The van der Waals surface area contributed by atoms with Crippen LogP contribution < -0.4 is 0 Å². The van der Waals surface area contributed by atoms with Gasteiger partial charge in [-0.2, -0.15) is 0 Å². The molecule has 0 aromatic heterocycles. The van der Waals surface area contributed by atoms with E-state index < -0.39 is 17.7 Å². The van der Waals surface area contributed by atoms with Gasteiger partial charge in [-0.25, -0.2) is 8.78 Å². The summed E-state index contributed by atoms with van der Waals surface area (Å²) in [5.74, 6) is -0.505. The van der Waals surface area contributed by atoms with E-state index in [0.29, 0.717) is 12.3 Å². The van der Waals surface area contributed by atoms with Crippen LogP contribution in [0.2, 0.25) is 0 Å². The van der Waals surface area contributed by atoms with Crippen molar-refractivity contribution >= 4 is 0 Å². The zero-order valence-electron chi connectivity index (χ0n) is 10.00. The topological polar surface area (TPSA) is 20.2 Å². The molecule has 1 saturated carbocycles. The average molecular weight is 240 g/mol. The molecule has 0 heterocycles. The van der Waals surface area contributed by atoms with E-state index in [1.807, 2.05) is 0 Å². The van der Waals surface area contributed by atoms with E-state index in [2.05, 4.69) is 6.92 Å². The van der Waals surface area contributed by atoms with Gasteiger partial charge in [0.05, 0.1) is 6.10 Å². The second-order valence-electron chi connectivity index (χ2n) is 5.15. The molecule has 0 amide bonds. The van der Waals surface area contributed by atoms with Crippen molar-refractivity contribution < 1.29 is 13.9 Å². The Morgan fingerprint density at radius 2 is 1.88 bits per heavy atom. The molecule has 0 bridgehead atoms. The molecule has 17 heavy (non-hydrogen) atoms. The lowest BCUT2D eigenvalue weighted by Crippen LogP contribution is -2.30. The van der Waals surface area contributed by atoms with Crippen molar-refractivity contribution in [2.45, 2.75) is 38.7 Å². The van der Waals surface area contributed by atoms with Crippen LogP contribution in [-0.4, -0.2) is 11.2 Å². The van der Waals surface area contributed by atoms with Gasteiger partial charge in [-0.15, -0.1) is 0 Å². The molecule has 1 aromatic rings. The zero-order chi connectivity index (χ0) is 12.4. The van der Waals surface area contributed by atoms with Crippen LogP contribution in [0.4, 0.5) is 8.78 Å². The third kappa shape index (κ3) is 2.83. The van der Waals surface area contributed by atoms with E-state index in [-0.39, 0.29) is 11.5 Å². The fourth-order valence-electron chi connectivity index (χ4n) is 2.69. The molecule has 94 valence electrons. The van der Waals surface area contributed by atoms with Crippen LogP contribution in [0.5, 0.6) is 0 Å². The second kappa shape index (κ2) is 5.13. The Bertz CT molecular complexity index is 372. The molecule has 0 radical (unpaired) electrons. The summed E-state index contributed by atoms with van der Waals surface area (Å²) in [7, 11) is 0. The van der Waals surface area contributed by atoms with Crippen molar-refractivity contribution in [1.29, 1.82) is 0 Å². The maximum absolute atomic E-state index is 13.5. The zero-order valence-corrected chi connectivity index (χ0v) is 10.00. The average Bonchev–Trinajstić information content (AvgIpc) is 2.28. The third-order valence-corrected chi connectivity index (χ3v) is 3.73. The van der Waals surface area contributed by atoms with Crippen LogP contribution >= 0.6 is 0 Å². The molecule has 1 nitrogen and oxygen atoms in total. The van der Waals surface area contributed by atoms with Gasteiger partial charge < -0.3 is 5.11 Å². The summed E-state index contributed by atoms with van der Waals surface area (Å²) in [6.45, 7) is 2.12. The Morgan fingerprint density at radius 1 is 1.24 bits per heavy atom. The summed E-state index contributed by atoms with van der Waals surface area (Å²) >= 11 is 0. The molecule has 0 aliphatic heterocycles. The first kappa shape index (κ1) is 12.5. The summed E-state index contributed by atoms with van der Waals surface area (Å²) in [5, 5.41) is 9.88. The maximum Gasteiger partial charge on any atom is 0.129 e. The lowest BCUT2D eigenvalue weighted by Gasteiger charge is -2.31. The van der Waals surface area contributed by atoms with Gasteiger partial charge in [0, 0.05) is 5.56 Å². The SMILES string of the molecule is CC1CCC(O)C(Cc2c(F)cccc2F)C1. The number of halogens is 2. The van der Waals surface area contributed by atoms with E-state index >= 15 is 0 Å². The number of rotatable bonds is 2. The fraction of sp³-hybridized carbons (Fsp3) is 0.571. The number of aliphatic hydroxyl groups excluding tert-OH is 1. The summed E-state index contributed by atoms with van der Waals surface area (Å²) < 4.78 is 27.0. The molecular weight excluding hydrogens is 222 g/mol. The number of aliphatic hydroxyl groups is 1. The highest BCUT2D eigenvalue weighted by atomic mass is 19.1. The largest absolute Gasteiger partial charge is 0.393 e. The van der Waals surface area contributed by atoms with E-state index in [4.69, 9.17) is 0 Å². The lowest BCUT2D eigenvalue weighted by molar-refractivity contribution is 0.0511. The highest BCUT2D eigenvalue weighted by Crippen LogP contribution is 2.32. The van der Waals surface area contributed by atoms with Crippen LogP contribution in [0.15, 0.2) is 18.2 Å². The predicted octanol–water partition coefficient (Wildman–Crippen LogP) is 3.30. The van der Waals surface area contributed by atoms with E-state index in [0.717, 1.165) is 19.3 Å². The third-order valence-electron chi connectivity index (χ3n) is 3.73. The molecule has 1 aliphatic rings. The van der Waals surface area contributed by atoms with Crippen LogP contribution in [0, 0.1) is 23.5 Å². The van der Waals surface area contributed by atoms with E-state index in [1.165, 1.54) is 18.2 Å². The summed E-state index contributed by atoms with van der Waals surface area (Å²) in [6.07, 6.45) is 2.45. The molecule has 3 unspecified atom stereocenters. The van der Waals surface area contributed by atoms with E-state index in [1.54, 1.807) is 0 Å². The predicted molar refractivity (Wildman–Crippen MR) is 62.6 cm³/mol. The molecule has 1 fully saturated rings. The highest BCUT2D eigenvalue weighted by molar-refractivity contribution is 5.20. The summed E-state index contributed by atoms with van der Waals surface area (Å²) in [4.78, 5) is 0. The minimum absolute atomic E-state index is 0.0230. The summed E-state index contributed by atoms with van der Waals surface area (Å²) in [6, 6.07) is 3.92.